The van der Waals surface area contributed by atoms with Crippen molar-refractivity contribution in [1.82, 2.24) is 4.90 Å². The molecule has 1 saturated heterocycles. The van der Waals surface area contributed by atoms with Gasteiger partial charge in [-0.2, -0.15) is 0 Å². The Hall–Kier alpha value is -0.610. The Balaban J connectivity index is 1.80. The van der Waals surface area contributed by atoms with Gasteiger partial charge in [0.05, 0.1) is 11.5 Å². The Kier molecular flexibility index (Phi) is 4.28. The van der Waals surface area contributed by atoms with Crippen LogP contribution in [0, 0.1) is 11.8 Å². The van der Waals surface area contributed by atoms with Crippen molar-refractivity contribution in [3.8, 4) is 0 Å². The van der Waals surface area contributed by atoms with Crippen LogP contribution in [0.15, 0.2) is 0 Å². The summed E-state index contributed by atoms with van der Waals surface area (Å²) in [5.41, 5.74) is -0.646. The summed E-state index contributed by atoms with van der Waals surface area (Å²) >= 11 is 0. The van der Waals surface area contributed by atoms with E-state index in [9.17, 15) is 9.90 Å². The van der Waals surface area contributed by atoms with Crippen LogP contribution in [0.4, 0.5) is 0 Å². The highest BCUT2D eigenvalue weighted by Crippen LogP contribution is 2.33. The smallest absolute Gasteiger partial charge is 0.306 e. The van der Waals surface area contributed by atoms with Crippen LogP contribution in [0.25, 0.3) is 0 Å². The number of likely N-dealkylation sites (tertiary alicyclic amines) is 1. The minimum atomic E-state index is -0.705. The fourth-order valence-electron chi connectivity index (χ4n) is 3.20. The average molecular weight is 255 g/mol. The monoisotopic (exact) mass is 255 g/mol. The topological polar surface area (TPSA) is 60.8 Å². The zero-order chi connectivity index (χ0) is 13.2. The lowest BCUT2D eigenvalue weighted by Gasteiger charge is -2.40. The molecule has 18 heavy (non-hydrogen) atoms. The number of carboxylic acids is 1. The summed E-state index contributed by atoms with van der Waals surface area (Å²) in [7, 11) is 0. The third kappa shape index (κ3) is 3.45. The summed E-state index contributed by atoms with van der Waals surface area (Å²) in [5, 5.41) is 19.5. The SMILES string of the molecule is CC1CCN(CC2(O)CCC(C(=O)O)CC2)CC1. The minimum Gasteiger partial charge on any atom is -0.481 e. The number of hydrogen-bond acceptors (Lipinski definition) is 3. The first-order valence-corrected chi connectivity index (χ1v) is 7.16. The number of hydrogen-bond donors (Lipinski definition) is 2. The van der Waals surface area contributed by atoms with E-state index in [1.54, 1.807) is 0 Å². The second-order valence-corrected chi connectivity index (χ2v) is 6.30. The molecule has 4 heteroatoms. The highest BCUT2D eigenvalue weighted by Gasteiger charge is 2.37. The Labute approximate surface area is 109 Å². The molecule has 0 bridgehead atoms. The van der Waals surface area contributed by atoms with Gasteiger partial charge in [0.15, 0.2) is 0 Å². The molecule has 2 aliphatic rings. The number of carboxylic acid groups (broad SMARTS) is 1. The zero-order valence-corrected chi connectivity index (χ0v) is 11.3. The summed E-state index contributed by atoms with van der Waals surface area (Å²) in [4.78, 5) is 13.2. The molecule has 104 valence electrons. The van der Waals surface area contributed by atoms with Gasteiger partial charge in [0, 0.05) is 6.54 Å². The standard InChI is InChI=1S/C14H25NO3/c1-11-4-8-15(9-5-11)10-14(18)6-2-12(3-7-14)13(16)17/h11-12,18H,2-10H2,1H3,(H,16,17). The third-order valence-electron chi connectivity index (χ3n) is 4.66. The van der Waals surface area contributed by atoms with Crippen molar-refractivity contribution in [2.24, 2.45) is 11.8 Å². The van der Waals surface area contributed by atoms with Crippen LogP contribution in [-0.4, -0.2) is 46.3 Å². The van der Waals surface area contributed by atoms with Crippen molar-refractivity contribution in [3.05, 3.63) is 0 Å². The first-order valence-electron chi connectivity index (χ1n) is 7.16. The van der Waals surface area contributed by atoms with Gasteiger partial charge in [-0.25, -0.2) is 0 Å². The van der Waals surface area contributed by atoms with Gasteiger partial charge in [-0.1, -0.05) is 6.92 Å². The van der Waals surface area contributed by atoms with Crippen molar-refractivity contribution in [1.29, 1.82) is 0 Å². The van der Waals surface area contributed by atoms with Gasteiger partial charge in [0.1, 0.15) is 0 Å². The van der Waals surface area contributed by atoms with Gasteiger partial charge >= 0.3 is 5.97 Å². The lowest BCUT2D eigenvalue weighted by atomic mass is 9.78. The first kappa shape index (κ1) is 13.8. The van der Waals surface area contributed by atoms with Gasteiger partial charge in [0.2, 0.25) is 0 Å². The fourth-order valence-corrected chi connectivity index (χ4v) is 3.20. The highest BCUT2D eigenvalue weighted by molar-refractivity contribution is 5.70. The molecule has 0 amide bonds. The first-order chi connectivity index (χ1) is 8.48. The van der Waals surface area contributed by atoms with Crippen LogP contribution in [0.1, 0.15) is 45.4 Å². The molecule has 1 aliphatic carbocycles. The van der Waals surface area contributed by atoms with E-state index in [0.717, 1.165) is 25.6 Å². The molecule has 4 nitrogen and oxygen atoms in total. The number of nitrogens with zero attached hydrogens (tertiary/aromatic N) is 1. The van der Waals surface area contributed by atoms with Crippen LogP contribution in [0.3, 0.4) is 0 Å². The maximum Gasteiger partial charge on any atom is 0.306 e. The van der Waals surface area contributed by atoms with Gasteiger partial charge in [-0.05, 0) is 57.5 Å². The van der Waals surface area contributed by atoms with E-state index in [2.05, 4.69) is 11.8 Å². The second kappa shape index (κ2) is 5.57. The predicted molar refractivity (Wildman–Crippen MR) is 69.4 cm³/mol. The molecule has 2 rings (SSSR count). The molecule has 1 saturated carbocycles. The van der Waals surface area contributed by atoms with Crippen LogP contribution >= 0.6 is 0 Å². The summed E-state index contributed by atoms with van der Waals surface area (Å²) in [6.45, 7) is 5.16. The summed E-state index contributed by atoms with van der Waals surface area (Å²) in [6.07, 6.45) is 4.94. The van der Waals surface area contributed by atoms with Gasteiger partial charge in [-0.15, -0.1) is 0 Å². The molecule has 0 unspecified atom stereocenters. The maximum atomic E-state index is 10.9. The normalized spacial score (nSPS) is 35.6. The molecule has 1 heterocycles. The quantitative estimate of drug-likeness (QED) is 0.806. The van der Waals surface area contributed by atoms with Gasteiger partial charge in [0.25, 0.3) is 0 Å². The van der Waals surface area contributed by atoms with E-state index in [1.165, 1.54) is 12.8 Å². The maximum absolute atomic E-state index is 10.9. The number of aliphatic hydroxyl groups is 1. The summed E-state index contributed by atoms with van der Waals surface area (Å²) in [5.74, 6) is -0.144. The molecule has 0 spiro atoms. The molecule has 0 aromatic carbocycles. The molecule has 0 aromatic heterocycles. The molecule has 0 radical (unpaired) electrons. The summed E-state index contributed by atoms with van der Waals surface area (Å²) < 4.78 is 0. The highest BCUT2D eigenvalue weighted by atomic mass is 16.4. The van der Waals surface area contributed by atoms with E-state index in [-0.39, 0.29) is 5.92 Å². The zero-order valence-electron chi connectivity index (χ0n) is 11.3. The Bertz CT molecular complexity index is 289. The fraction of sp³-hybridized carbons (Fsp3) is 0.929. The number of piperidine rings is 1. The molecule has 0 atom stereocenters. The third-order valence-corrected chi connectivity index (χ3v) is 4.66. The lowest BCUT2D eigenvalue weighted by molar-refractivity contribution is -0.145. The van der Waals surface area contributed by atoms with Gasteiger partial charge in [-0.3, -0.25) is 4.79 Å². The van der Waals surface area contributed by atoms with Crippen LogP contribution in [0.2, 0.25) is 0 Å². The molecular weight excluding hydrogens is 230 g/mol. The van der Waals surface area contributed by atoms with Crippen LogP contribution < -0.4 is 0 Å². The lowest BCUT2D eigenvalue weighted by Crippen LogP contribution is -2.48. The average Bonchev–Trinajstić information content (AvgIpc) is 2.32. The van der Waals surface area contributed by atoms with Crippen LogP contribution in [-0.2, 0) is 4.79 Å². The largest absolute Gasteiger partial charge is 0.481 e. The van der Waals surface area contributed by atoms with Gasteiger partial charge < -0.3 is 15.1 Å². The van der Waals surface area contributed by atoms with Crippen molar-refractivity contribution >= 4 is 5.97 Å². The number of aliphatic carboxylic acids is 1. The van der Waals surface area contributed by atoms with E-state index >= 15 is 0 Å². The summed E-state index contributed by atoms with van der Waals surface area (Å²) in [6, 6.07) is 0. The Morgan fingerprint density at radius 1 is 1.22 bits per heavy atom. The number of rotatable bonds is 3. The van der Waals surface area contributed by atoms with Crippen molar-refractivity contribution in [2.75, 3.05) is 19.6 Å². The van der Waals surface area contributed by atoms with Crippen molar-refractivity contribution < 1.29 is 15.0 Å². The molecule has 2 fully saturated rings. The van der Waals surface area contributed by atoms with E-state index in [4.69, 9.17) is 5.11 Å². The Morgan fingerprint density at radius 2 is 1.78 bits per heavy atom. The van der Waals surface area contributed by atoms with Crippen LogP contribution in [0.5, 0.6) is 0 Å². The molecule has 0 aromatic rings. The van der Waals surface area contributed by atoms with Crippen molar-refractivity contribution in [3.63, 3.8) is 0 Å². The predicted octanol–water partition coefficient (Wildman–Crippen LogP) is 1.72. The van der Waals surface area contributed by atoms with E-state index in [0.29, 0.717) is 25.7 Å². The minimum absolute atomic E-state index is 0.244. The molecule has 2 N–H and O–H groups in total. The Morgan fingerprint density at radius 3 is 2.28 bits per heavy atom. The van der Waals surface area contributed by atoms with E-state index in [1.807, 2.05) is 0 Å². The number of carbonyl (C=O) groups is 1. The second-order valence-electron chi connectivity index (χ2n) is 6.30. The van der Waals surface area contributed by atoms with Crippen molar-refractivity contribution in [2.45, 2.75) is 51.0 Å². The molecule has 1 aliphatic heterocycles. The number of β-amino-alcohol motifs (C(OH)–C–C–N with tert-alkyl or cyclic N) is 1. The molecular formula is C14H25NO3. The van der Waals surface area contributed by atoms with E-state index < -0.39 is 11.6 Å².